The van der Waals surface area contributed by atoms with Crippen LogP contribution in [-0.4, -0.2) is 18.1 Å². The zero-order valence-electron chi connectivity index (χ0n) is 7.29. The van der Waals surface area contributed by atoms with Gasteiger partial charge in [0.2, 0.25) is 0 Å². The summed E-state index contributed by atoms with van der Waals surface area (Å²) in [6.07, 6.45) is 5.33. The van der Waals surface area contributed by atoms with Crippen molar-refractivity contribution in [2.45, 2.75) is 13.3 Å². The van der Waals surface area contributed by atoms with Crippen LogP contribution in [0.1, 0.15) is 19.0 Å². The minimum atomic E-state index is 0.936. The highest BCUT2D eigenvalue weighted by molar-refractivity contribution is 7.07. The highest BCUT2D eigenvalue weighted by atomic mass is 32.1. The lowest BCUT2D eigenvalue weighted by molar-refractivity contribution is 0.730. The Morgan fingerprint density at radius 3 is 3.25 bits per heavy atom. The van der Waals surface area contributed by atoms with E-state index in [4.69, 9.17) is 0 Å². The molecule has 0 saturated heterocycles. The molecule has 0 bridgehead atoms. The Kier molecular flexibility index (Phi) is 4.64. The Labute approximate surface area is 77.3 Å². The zero-order valence-corrected chi connectivity index (χ0v) is 8.10. The van der Waals surface area contributed by atoms with Gasteiger partial charge in [0, 0.05) is 11.9 Å². The highest BCUT2D eigenvalue weighted by Gasteiger charge is 1.85. The summed E-state index contributed by atoms with van der Waals surface area (Å²) in [4.78, 5) is 4.14. The fraction of sp³-hybridized carbons (Fsp3) is 0.444. The number of aromatic nitrogens is 1. The van der Waals surface area contributed by atoms with E-state index in [1.54, 1.807) is 11.3 Å². The Bertz CT molecular complexity index is 216. The largest absolute Gasteiger partial charge is 0.313 e. The normalized spacial score (nSPS) is 11.1. The van der Waals surface area contributed by atoms with Crippen molar-refractivity contribution in [1.29, 1.82) is 0 Å². The summed E-state index contributed by atoms with van der Waals surface area (Å²) in [6.45, 7) is 4.18. The maximum atomic E-state index is 4.14. The second-order valence-corrected chi connectivity index (χ2v) is 3.24. The monoisotopic (exact) mass is 182 g/mol. The number of nitrogens with one attached hydrogen (secondary N) is 1. The first-order valence-electron chi connectivity index (χ1n) is 4.19. The predicted octanol–water partition coefficient (Wildman–Crippen LogP) is 2.16. The molecule has 0 saturated carbocycles. The Balaban J connectivity index is 2.14. The van der Waals surface area contributed by atoms with Gasteiger partial charge < -0.3 is 5.32 Å². The quantitative estimate of drug-likeness (QED) is 0.706. The van der Waals surface area contributed by atoms with E-state index in [-0.39, 0.29) is 0 Å². The van der Waals surface area contributed by atoms with E-state index in [1.807, 2.05) is 17.0 Å². The molecule has 0 radical (unpaired) electrons. The average molecular weight is 182 g/mol. The third-order valence-electron chi connectivity index (χ3n) is 1.43. The van der Waals surface area contributed by atoms with Crippen molar-refractivity contribution in [2.75, 3.05) is 13.1 Å². The number of hydrogen-bond donors (Lipinski definition) is 1. The van der Waals surface area contributed by atoms with Crippen LogP contribution in [0.15, 0.2) is 17.0 Å². The molecule has 0 aromatic carbocycles. The summed E-state index contributed by atoms with van der Waals surface area (Å²) in [5.41, 5.74) is 2.90. The van der Waals surface area contributed by atoms with E-state index < -0.39 is 0 Å². The van der Waals surface area contributed by atoms with Crippen LogP contribution in [-0.2, 0) is 0 Å². The minimum Gasteiger partial charge on any atom is -0.313 e. The zero-order chi connectivity index (χ0) is 8.65. The smallest absolute Gasteiger partial charge is 0.0798 e. The van der Waals surface area contributed by atoms with Crippen LogP contribution in [0.4, 0.5) is 0 Å². The van der Waals surface area contributed by atoms with Gasteiger partial charge in [0.15, 0.2) is 0 Å². The molecule has 1 rings (SSSR count). The van der Waals surface area contributed by atoms with Crippen molar-refractivity contribution in [3.8, 4) is 0 Å². The van der Waals surface area contributed by atoms with E-state index in [2.05, 4.69) is 23.3 Å². The molecule has 0 aliphatic carbocycles. The van der Waals surface area contributed by atoms with Gasteiger partial charge in [0.05, 0.1) is 11.2 Å². The van der Waals surface area contributed by atoms with Gasteiger partial charge in [-0.3, -0.25) is 0 Å². The fourth-order valence-electron chi connectivity index (χ4n) is 0.846. The van der Waals surface area contributed by atoms with Crippen LogP contribution < -0.4 is 5.32 Å². The third kappa shape index (κ3) is 3.64. The standard InChI is InChI=1S/C9H14N2S/c1-2-5-10-6-3-4-9-7-12-8-11-9/h3-4,7-8,10H,2,5-6H2,1H3/b4-3+. The average Bonchev–Trinajstić information content (AvgIpc) is 2.57. The summed E-state index contributed by atoms with van der Waals surface area (Å²) >= 11 is 1.63. The number of thiazole rings is 1. The Morgan fingerprint density at radius 2 is 2.58 bits per heavy atom. The second kappa shape index (κ2) is 5.91. The van der Waals surface area contributed by atoms with Gasteiger partial charge in [-0.2, -0.15) is 0 Å². The molecule has 0 aliphatic heterocycles. The van der Waals surface area contributed by atoms with Gasteiger partial charge in [0.25, 0.3) is 0 Å². The topological polar surface area (TPSA) is 24.9 Å². The SMILES string of the molecule is CCCNC/C=C/c1cscn1. The van der Waals surface area contributed by atoms with Crippen LogP contribution in [0.2, 0.25) is 0 Å². The maximum absolute atomic E-state index is 4.14. The number of nitrogens with zero attached hydrogens (tertiary/aromatic N) is 1. The van der Waals surface area contributed by atoms with Crippen LogP contribution in [0, 0.1) is 0 Å². The van der Waals surface area contributed by atoms with E-state index >= 15 is 0 Å². The van der Waals surface area contributed by atoms with Crippen molar-refractivity contribution in [2.24, 2.45) is 0 Å². The fourth-order valence-corrected chi connectivity index (χ4v) is 1.37. The van der Waals surface area contributed by atoms with Gasteiger partial charge in [-0.1, -0.05) is 13.0 Å². The molecule has 0 atom stereocenters. The number of hydrogen-bond acceptors (Lipinski definition) is 3. The van der Waals surface area contributed by atoms with E-state index in [0.717, 1.165) is 18.8 Å². The van der Waals surface area contributed by atoms with Crippen molar-refractivity contribution in [3.63, 3.8) is 0 Å². The second-order valence-electron chi connectivity index (χ2n) is 2.52. The van der Waals surface area contributed by atoms with E-state index in [0.29, 0.717) is 0 Å². The summed E-state index contributed by atoms with van der Waals surface area (Å²) in [5, 5.41) is 5.32. The first-order valence-corrected chi connectivity index (χ1v) is 5.13. The van der Waals surface area contributed by atoms with Gasteiger partial charge in [0.1, 0.15) is 0 Å². The molecule has 0 aliphatic rings. The Hall–Kier alpha value is -0.670. The summed E-state index contributed by atoms with van der Waals surface area (Å²) in [7, 11) is 0. The first kappa shape index (κ1) is 9.42. The highest BCUT2D eigenvalue weighted by Crippen LogP contribution is 2.01. The molecule has 0 unspecified atom stereocenters. The summed E-state index contributed by atoms with van der Waals surface area (Å²) in [5.74, 6) is 0. The maximum Gasteiger partial charge on any atom is 0.0798 e. The lowest BCUT2D eigenvalue weighted by atomic mass is 10.4. The molecule has 0 amide bonds. The van der Waals surface area contributed by atoms with Crippen molar-refractivity contribution >= 4 is 17.4 Å². The number of rotatable bonds is 5. The molecule has 2 nitrogen and oxygen atoms in total. The van der Waals surface area contributed by atoms with E-state index in [1.165, 1.54) is 6.42 Å². The minimum absolute atomic E-state index is 0.936. The molecule has 0 fully saturated rings. The lowest BCUT2D eigenvalue weighted by Gasteiger charge is -1.94. The van der Waals surface area contributed by atoms with Gasteiger partial charge in [-0.15, -0.1) is 11.3 Å². The Morgan fingerprint density at radius 1 is 1.67 bits per heavy atom. The molecule has 1 N–H and O–H groups in total. The molecule has 0 spiro atoms. The predicted molar refractivity (Wildman–Crippen MR) is 54.3 cm³/mol. The molecule has 66 valence electrons. The molecule has 1 heterocycles. The molecule has 3 heteroatoms. The summed E-state index contributed by atoms with van der Waals surface area (Å²) < 4.78 is 0. The van der Waals surface area contributed by atoms with E-state index in [9.17, 15) is 0 Å². The van der Waals surface area contributed by atoms with Gasteiger partial charge in [-0.25, -0.2) is 4.98 Å². The third-order valence-corrected chi connectivity index (χ3v) is 2.03. The van der Waals surface area contributed by atoms with Crippen LogP contribution in [0.25, 0.3) is 6.08 Å². The van der Waals surface area contributed by atoms with Crippen LogP contribution >= 0.6 is 11.3 Å². The van der Waals surface area contributed by atoms with Crippen molar-refractivity contribution in [1.82, 2.24) is 10.3 Å². The van der Waals surface area contributed by atoms with Gasteiger partial charge >= 0.3 is 0 Å². The molecule has 1 aromatic rings. The van der Waals surface area contributed by atoms with Crippen LogP contribution in [0.5, 0.6) is 0 Å². The summed E-state index contributed by atoms with van der Waals surface area (Å²) in [6, 6.07) is 0. The molecular weight excluding hydrogens is 168 g/mol. The van der Waals surface area contributed by atoms with Gasteiger partial charge in [-0.05, 0) is 19.0 Å². The molecule has 12 heavy (non-hydrogen) atoms. The lowest BCUT2D eigenvalue weighted by Crippen LogP contribution is -2.13. The molecular formula is C9H14N2S. The van der Waals surface area contributed by atoms with Crippen LogP contribution in [0.3, 0.4) is 0 Å². The van der Waals surface area contributed by atoms with Crippen molar-refractivity contribution < 1.29 is 0 Å². The first-order chi connectivity index (χ1) is 5.93. The van der Waals surface area contributed by atoms with Crippen molar-refractivity contribution in [3.05, 3.63) is 22.7 Å². The molecule has 1 aromatic heterocycles.